The lowest BCUT2D eigenvalue weighted by Gasteiger charge is -2.18. The normalized spacial score (nSPS) is 11.0. The number of benzene rings is 1. The molecule has 90 valence electrons. The summed E-state index contributed by atoms with van der Waals surface area (Å²) in [5.74, 6) is 0. The topological polar surface area (TPSA) is 38.5 Å². The van der Waals surface area contributed by atoms with Crippen molar-refractivity contribution in [3.05, 3.63) is 35.4 Å². The number of nitrogens with two attached hydrogens (primary N) is 1. The van der Waals surface area contributed by atoms with E-state index in [-0.39, 0.29) is 0 Å². The Morgan fingerprint density at radius 3 is 2.56 bits per heavy atom. The van der Waals surface area contributed by atoms with Crippen molar-refractivity contribution >= 4 is 0 Å². The van der Waals surface area contributed by atoms with Crippen molar-refractivity contribution in [2.24, 2.45) is 5.73 Å². The molecule has 1 rings (SSSR count). The van der Waals surface area contributed by atoms with Crippen LogP contribution in [0.5, 0.6) is 0 Å². The summed E-state index contributed by atoms with van der Waals surface area (Å²) in [6.07, 6.45) is 1.07. The zero-order chi connectivity index (χ0) is 11.8. The smallest absolute Gasteiger partial charge is 0.0474 e. The first kappa shape index (κ1) is 13.2. The van der Waals surface area contributed by atoms with Gasteiger partial charge in [-0.25, -0.2) is 0 Å². The molecule has 3 heteroatoms. The summed E-state index contributed by atoms with van der Waals surface area (Å²) in [5, 5.41) is 0. The molecule has 0 saturated carbocycles. The molecule has 0 aliphatic rings. The second-order valence-corrected chi connectivity index (χ2v) is 4.06. The zero-order valence-corrected chi connectivity index (χ0v) is 10.3. The molecule has 0 fully saturated rings. The molecule has 0 bridgehead atoms. The van der Waals surface area contributed by atoms with Gasteiger partial charge in [0, 0.05) is 33.4 Å². The van der Waals surface area contributed by atoms with Crippen molar-refractivity contribution < 1.29 is 4.74 Å². The minimum atomic E-state index is 0.613. The van der Waals surface area contributed by atoms with E-state index >= 15 is 0 Å². The summed E-state index contributed by atoms with van der Waals surface area (Å²) in [5.41, 5.74) is 8.27. The highest BCUT2D eigenvalue weighted by atomic mass is 16.5. The number of ether oxygens (including phenoxy) is 1. The molecule has 0 saturated heterocycles. The first-order valence-corrected chi connectivity index (χ1v) is 5.72. The fourth-order valence-corrected chi connectivity index (χ4v) is 1.76. The van der Waals surface area contributed by atoms with Crippen LogP contribution >= 0.6 is 0 Å². The van der Waals surface area contributed by atoms with Crippen LogP contribution in [0.4, 0.5) is 0 Å². The van der Waals surface area contributed by atoms with E-state index in [1.165, 1.54) is 11.1 Å². The van der Waals surface area contributed by atoms with Crippen LogP contribution in [0, 0.1) is 0 Å². The molecule has 0 amide bonds. The second-order valence-electron chi connectivity index (χ2n) is 4.06. The van der Waals surface area contributed by atoms with Gasteiger partial charge in [0.25, 0.3) is 0 Å². The molecule has 0 atom stereocenters. The summed E-state index contributed by atoms with van der Waals surface area (Å²) in [4.78, 5) is 2.30. The third kappa shape index (κ3) is 4.31. The first-order valence-electron chi connectivity index (χ1n) is 5.72. The Labute approximate surface area is 98.2 Å². The maximum Gasteiger partial charge on any atom is 0.0474 e. The number of methoxy groups -OCH3 is 1. The molecule has 0 unspecified atom stereocenters. The second kappa shape index (κ2) is 7.39. The number of nitrogens with zero attached hydrogens (tertiary/aromatic N) is 1. The zero-order valence-electron chi connectivity index (χ0n) is 10.3. The molecule has 0 aliphatic heterocycles. The summed E-state index contributed by atoms with van der Waals surface area (Å²) in [7, 11) is 3.87. The van der Waals surface area contributed by atoms with Crippen molar-refractivity contribution in [3.63, 3.8) is 0 Å². The molecule has 0 spiro atoms. The van der Waals surface area contributed by atoms with Crippen LogP contribution in [0.15, 0.2) is 24.3 Å². The van der Waals surface area contributed by atoms with Gasteiger partial charge >= 0.3 is 0 Å². The number of rotatable bonds is 7. The van der Waals surface area contributed by atoms with Gasteiger partial charge in [0.2, 0.25) is 0 Å². The van der Waals surface area contributed by atoms with Gasteiger partial charge < -0.3 is 15.4 Å². The van der Waals surface area contributed by atoms with E-state index in [9.17, 15) is 0 Å². The van der Waals surface area contributed by atoms with Crippen LogP contribution in [-0.2, 0) is 17.8 Å². The fraction of sp³-hybridized carbons (Fsp3) is 0.538. The van der Waals surface area contributed by atoms with E-state index < -0.39 is 0 Å². The first-order chi connectivity index (χ1) is 7.77. The molecule has 0 radical (unpaired) electrons. The van der Waals surface area contributed by atoms with Gasteiger partial charge in [0.15, 0.2) is 0 Å². The van der Waals surface area contributed by atoms with Crippen LogP contribution in [0.3, 0.4) is 0 Å². The average Bonchev–Trinajstić information content (AvgIpc) is 2.30. The van der Waals surface area contributed by atoms with Crippen LogP contribution < -0.4 is 5.73 Å². The molecule has 0 aromatic heterocycles. The molecule has 2 N–H and O–H groups in total. The Morgan fingerprint density at radius 2 is 1.94 bits per heavy atom. The Hall–Kier alpha value is -0.900. The van der Waals surface area contributed by atoms with Crippen molar-refractivity contribution in [2.75, 3.05) is 27.3 Å². The van der Waals surface area contributed by atoms with E-state index in [1.807, 2.05) is 6.07 Å². The third-order valence-corrected chi connectivity index (χ3v) is 2.67. The summed E-state index contributed by atoms with van der Waals surface area (Å²) in [6, 6.07) is 8.35. The highest BCUT2D eigenvalue weighted by Gasteiger charge is 2.03. The Kier molecular flexibility index (Phi) is 6.08. The fourth-order valence-electron chi connectivity index (χ4n) is 1.76. The lowest BCUT2D eigenvalue weighted by Crippen LogP contribution is -2.21. The predicted octanol–water partition coefficient (Wildman–Crippen LogP) is 1.61. The van der Waals surface area contributed by atoms with E-state index in [1.54, 1.807) is 7.11 Å². The largest absolute Gasteiger partial charge is 0.385 e. The molecule has 3 nitrogen and oxygen atoms in total. The van der Waals surface area contributed by atoms with Crippen LogP contribution in [-0.4, -0.2) is 32.2 Å². The highest BCUT2D eigenvalue weighted by molar-refractivity contribution is 5.26. The molecular formula is C13H22N2O. The van der Waals surface area contributed by atoms with E-state index in [4.69, 9.17) is 10.5 Å². The van der Waals surface area contributed by atoms with Gasteiger partial charge in [-0.2, -0.15) is 0 Å². The molecule has 0 aliphatic carbocycles. The molecule has 1 aromatic rings. The van der Waals surface area contributed by atoms with E-state index in [2.05, 4.69) is 30.1 Å². The van der Waals surface area contributed by atoms with Crippen molar-refractivity contribution in [3.8, 4) is 0 Å². The average molecular weight is 222 g/mol. The van der Waals surface area contributed by atoms with Gasteiger partial charge in [0.1, 0.15) is 0 Å². The van der Waals surface area contributed by atoms with E-state index in [0.29, 0.717) is 6.54 Å². The summed E-state index contributed by atoms with van der Waals surface area (Å²) in [6.45, 7) is 3.44. The molecule has 1 aromatic carbocycles. The minimum Gasteiger partial charge on any atom is -0.385 e. The maximum atomic E-state index is 5.71. The van der Waals surface area contributed by atoms with Gasteiger partial charge in [-0.15, -0.1) is 0 Å². The third-order valence-electron chi connectivity index (χ3n) is 2.67. The van der Waals surface area contributed by atoms with Crippen LogP contribution in [0.25, 0.3) is 0 Å². The standard InChI is InChI=1S/C13H22N2O/c1-15(8-5-9-16-2)11-13-7-4-3-6-12(13)10-14/h3-4,6-7H,5,8-11,14H2,1-2H3. The monoisotopic (exact) mass is 222 g/mol. The van der Waals surface area contributed by atoms with E-state index in [0.717, 1.165) is 26.1 Å². The van der Waals surface area contributed by atoms with Crippen molar-refractivity contribution in [1.82, 2.24) is 4.90 Å². The molecular weight excluding hydrogens is 200 g/mol. The SMILES string of the molecule is COCCCN(C)Cc1ccccc1CN. The van der Waals surface area contributed by atoms with Crippen LogP contribution in [0.2, 0.25) is 0 Å². The van der Waals surface area contributed by atoms with Gasteiger partial charge in [-0.1, -0.05) is 24.3 Å². The van der Waals surface area contributed by atoms with Gasteiger partial charge in [-0.3, -0.25) is 0 Å². The maximum absolute atomic E-state index is 5.71. The minimum absolute atomic E-state index is 0.613. The lowest BCUT2D eigenvalue weighted by atomic mass is 10.1. The van der Waals surface area contributed by atoms with Crippen molar-refractivity contribution in [2.45, 2.75) is 19.5 Å². The number of hydrogen-bond donors (Lipinski definition) is 1. The van der Waals surface area contributed by atoms with Gasteiger partial charge in [0.05, 0.1) is 0 Å². The highest BCUT2D eigenvalue weighted by Crippen LogP contribution is 2.10. The Morgan fingerprint density at radius 1 is 1.25 bits per heavy atom. The molecule has 16 heavy (non-hydrogen) atoms. The summed E-state index contributed by atoms with van der Waals surface area (Å²) < 4.78 is 5.04. The van der Waals surface area contributed by atoms with Crippen molar-refractivity contribution in [1.29, 1.82) is 0 Å². The van der Waals surface area contributed by atoms with Gasteiger partial charge in [-0.05, 0) is 24.6 Å². The lowest BCUT2D eigenvalue weighted by molar-refractivity contribution is 0.178. The quantitative estimate of drug-likeness (QED) is 0.712. The molecule has 0 heterocycles. The summed E-state index contributed by atoms with van der Waals surface area (Å²) >= 11 is 0. The predicted molar refractivity (Wildman–Crippen MR) is 67.2 cm³/mol. The Bertz CT molecular complexity index is 302. The Balaban J connectivity index is 2.45. The van der Waals surface area contributed by atoms with Crippen LogP contribution in [0.1, 0.15) is 17.5 Å². The number of hydrogen-bond acceptors (Lipinski definition) is 3.